The molecule has 9 heteroatoms. The van der Waals surface area contributed by atoms with Crippen LogP contribution in [0.3, 0.4) is 0 Å². The molecular formula is C25H30N4O5. The van der Waals surface area contributed by atoms with Gasteiger partial charge in [-0.05, 0) is 35.7 Å². The Balaban J connectivity index is 1.25. The molecule has 0 aromatic heterocycles. The molecule has 180 valence electrons. The third-order valence-electron chi connectivity index (χ3n) is 6.56. The van der Waals surface area contributed by atoms with Gasteiger partial charge in [-0.25, -0.2) is 0 Å². The predicted molar refractivity (Wildman–Crippen MR) is 128 cm³/mol. The quantitative estimate of drug-likeness (QED) is 0.647. The van der Waals surface area contributed by atoms with Crippen LogP contribution >= 0.6 is 0 Å². The van der Waals surface area contributed by atoms with Crippen molar-refractivity contribution in [1.29, 1.82) is 0 Å². The number of hydrogen-bond acceptors (Lipinski definition) is 7. The molecule has 34 heavy (non-hydrogen) atoms. The zero-order valence-corrected chi connectivity index (χ0v) is 19.3. The number of likely N-dealkylation sites (N-methyl/N-ethyl adjacent to an activating group) is 1. The molecule has 1 atom stereocenters. The molecular weight excluding hydrogens is 436 g/mol. The molecule has 3 aliphatic rings. The number of rotatable bonds is 5. The van der Waals surface area contributed by atoms with Gasteiger partial charge in [0.15, 0.2) is 11.5 Å². The molecule has 2 N–H and O–H groups in total. The van der Waals surface area contributed by atoms with Crippen LogP contribution in [0, 0.1) is 0 Å². The fraction of sp³-hybridized carbons (Fsp3) is 0.440. The number of carbonyl (C=O) groups excluding carboxylic acids is 2. The summed E-state index contributed by atoms with van der Waals surface area (Å²) in [5.41, 5.74) is 4.20. The molecule has 2 aromatic rings. The standard InChI is InChI=1S/C25H30N4O5/c1-28-7-6-18-14-17(2-4-20(18)28)21(29-8-10-32-11-9-29)16-26-24(30)25(31)27-19-3-5-22-23(15-19)34-13-12-33-22/h2-5,14-15,21H,6-13,16H2,1H3,(H,26,30)(H,27,31). The van der Waals surface area contributed by atoms with Crippen LogP contribution in [0.1, 0.15) is 17.2 Å². The maximum Gasteiger partial charge on any atom is 0.313 e. The SMILES string of the molecule is CN1CCc2cc(C(CNC(=O)C(=O)Nc3ccc4c(c3)OCCO4)N3CCOCC3)ccc21. The fourth-order valence-corrected chi connectivity index (χ4v) is 4.72. The van der Waals surface area contributed by atoms with Crippen LogP contribution in [0.4, 0.5) is 11.4 Å². The topological polar surface area (TPSA) is 92.4 Å². The lowest BCUT2D eigenvalue weighted by Crippen LogP contribution is -2.45. The van der Waals surface area contributed by atoms with Gasteiger partial charge in [0.05, 0.1) is 19.3 Å². The Bertz CT molecular complexity index is 1070. The smallest absolute Gasteiger partial charge is 0.313 e. The highest BCUT2D eigenvalue weighted by Crippen LogP contribution is 2.33. The first-order valence-corrected chi connectivity index (χ1v) is 11.7. The minimum Gasteiger partial charge on any atom is -0.486 e. The van der Waals surface area contributed by atoms with E-state index in [-0.39, 0.29) is 6.04 Å². The second-order valence-corrected chi connectivity index (χ2v) is 8.75. The van der Waals surface area contributed by atoms with E-state index < -0.39 is 11.8 Å². The third kappa shape index (κ3) is 4.80. The van der Waals surface area contributed by atoms with Gasteiger partial charge in [-0.2, -0.15) is 0 Å². The Hall–Kier alpha value is -3.30. The highest BCUT2D eigenvalue weighted by Gasteiger charge is 2.26. The first kappa shape index (κ1) is 22.5. The molecule has 0 bridgehead atoms. The zero-order valence-electron chi connectivity index (χ0n) is 19.3. The number of nitrogens with one attached hydrogen (secondary N) is 2. The molecule has 2 amide bonds. The summed E-state index contributed by atoms with van der Waals surface area (Å²) in [7, 11) is 2.10. The van der Waals surface area contributed by atoms with Crippen molar-refractivity contribution in [3.63, 3.8) is 0 Å². The first-order chi connectivity index (χ1) is 16.6. The average Bonchev–Trinajstić information content (AvgIpc) is 3.24. The minimum atomic E-state index is -0.715. The van der Waals surface area contributed by atoms with Gasteiger partial charge >= 0.3 is 11.8 Å². The number of ether oxygens (including phenoxy) is 3. The lowest BCUT2D eigenvalue weighted by Gasteiger charge is -2.35. The number of morpholine rings is 1. The summed E-state index contributed by atoms with van der Waals surface area (Å²) in [4.78, 5) is 29.8. The summed E-state index contributed by atoms with van der Waals surface area (Å²) < 4.78 is 16.6. The second kappa shape index (κ2) is 9.90. The number of fused-ring (bicyclic) bond motifs is 2. The molecule has 3 heterocycles. The maximum atomic E-state index is 12.7. The van der Waals surface area contributed by atoms with Gasteiger partial charge < -0.3 is 29.7 Å². The number of benzene rings is 2. The molecule has 0 radical (unpaired) electrons. The molecule has 5 rings (SSSR count). The summed E-state index contributed by atoms with van der Waals surface area (Å²) in [6, 6.07) is 11.6. The Morgan fingerprint density at radius 1 is 0.941 bits per heavy atom. The van der Waals surface area contributed by atoms with Crippen LogP contribution in [-0.2, 0) is 20.7 Å². The van der Waals surface area contributed by atoms with Crippen molar-refractivity contribution in [2.24, 2.45) is 0 Å². The van der Waals surface area contributed by atoms with E-state index in [4.69, 9.17) is 14.2 Å². The van der Waals surface area contributed by atoms with Crippen molar-refractivity contribution in [2.75, 3.05) is 69.9 Å². The van der Waals surface area contributed by atoms with E-state index in [9.17, 15) is 9.59 Å². The highest BCUT2D eigenvalue weighted by molar-refractivity contribution is 6.39. The molecule has 1 saturated heterocycles. The van der Waals surface area contributed by atoms with Crippen LogP contribution < -0.4 is 25.0 Å². The van der Waals surface area contributed by atoms with Crippen molar-refractivity contribution < 1.29 is 23.8 Å². The van der Waals surface area contributed by atoms with Gasteiger partial charge in [0.25, 0.3) is 0 Å². The maximum absolute atomic E-state index is 12.7. The number of amides is 2. The van der Waals surface area contributed by atoms with E-state index in [1.165, 1.54) is 11.3 Å². The second-order valence-electron chi connectivity index (χ2n) is 8.75. The van der Waals surface area contributed by atoms with Crippen LogP contribution in [0.2, 0.25) is 0 Å². The normalized spacial score (nSPS) is 18.2. The van der Waals surface area contributed by atoms with Crippen molar-refractivity contribution in [3.05, 3.63) is 47.5 Å². The summed E-state index contributed by atoms with van der Waals surface area (Å²) in [5.74, 6) is -0.205. The van der Waals surface area contributed by atoms with Crippen LogP contribution in [0.15, 0.2) is 36.4 Å². The predicted octanol–water partition coefficient (Wildman–Crippen LogP) is 1.58. The van der Waals surface area contributed by atoms with E-state index >= 15 is 0 Å². The summed E-state index contributed by atoms with van der Waals surface area (Å²) in [5, 5.41) is 5.49. The summed E-state index contributed by atoms with van der Waals surface area (Å²) in [6.07, 6.45) is 1.01. The van der Waals surface area contributed by atoms with Gasteiger partial charge in [-0.3, -0.25) is 14.5 Å². The Morgan fingerprint density at radius 3 is 2.56 bits per heavy atom. The summed E-state index contributed by atoms with van der Waals surface area (Å²) in [6.45, 7) is 5.16. The molecule has 9 nitrogen and oxygen atoms in total. The van der Waals surface area contributed by atoms with E-state index in [0.29, 0.717) is 50.2 Å². The van der Waals surface area contributed by atoms with Gasteiger partial charge in [-0.1, -0.05) is 12.1 Å². The molecule has 1 fully saturated rings. The molecule has 2 aromatic carbocycles. The Morgan fingerprint density at radius 2 is 1.74 bits per heavy atom. The lowest BCUT2D eigenvalue weighted by atomic mass is 10.0. The summed E-state index contributed by atoms with van der Waals surface area (Å²) >= 11 is 0. The van der Waals surface area contributed by atoms with Crippen molar-refractivity contribution >= 4 is 23.2 Å². The number of hydrogen-bond donors (Lipinski definition) is 2. The fourth-order valence-electron chi connectivity index (χ4n) is 4.72. The largest absolute Gasteiger partial charge is 0.486 e. The minimum absolute atomic E-state index is 0.0360. The first-order valence-electron chi connectivity index (χ1n) is 11.7. The van der Waals surface area contributed by atoms with Crippen molar-refractivity contribution in [3.8, 4) is 11.5 Å². The van der Waals surface area contributed by atoms with Crippen LogP contribution in [-0.4, -0.2) is 76.4 Å². The van der Waals surface area contributed by atoms with Crippen molar-refractivity contribution in [2.45, 2.75) is 12.5 Å². The zero-order chi connectivity index (χ0) is 23.5. The van der Waals surface area contributed by atoms with Gasteiger partial charge in [0.1, 0.15) is 13.2 Å². The highest BCUT2D eigenvalue weighted by atomic mass is 16.6. The van der Waals surface area contributed by atoms with Crippen molar-refractivity contribution in [1.82, 2.24) is 10.2 Å². The number of anilines is 2. The van der Waals surface area contributed by atoms with Crippen LogP contribution in [0.5, 0.6) is 11.5 Å². The van der Waals surface area contributed by atoms with E-state index in [2.05, 4.69) is 45.7 Å². The Kier molecular flexibility index (Phi) is 6.55. The van der Waals surface area contributed by atoms with E-state index in [1.807, 2.05) is 0 Å². The van der Waals surface area contributed by atoms with Gasteiger partial charge in [-0.15, -0.1) is 0 Å². The monoisotopic (exact) mass is 466 g/mol. The lowest BCUT2D eigenvalue weighted by molar-refractivity contribution is -0.136. The van der Waals surface area contributed by atoms with E-state index in [0.717, 1.165) is 31.6 Å². The molecule has 0 aliphatic carbocycles. The number of carbonyl (C=O) groups is 2. The number of nitrogens with zero attached hydrogens (tertiary/aromatic N) is 2. The third-order valence-corrected chi connectivity index (χ3v) is 6.56. The van der Waals surface area contributed by atoms with E-state index in [1.54, 1.807) is 18.2 Å². The average molecular weight is 467 g/mol. The molecule has 0 spiro atoms. The molecule has 0 saturated carbocycles. The van der Waals surface area contributed by atoms with Gasteiger partial charge in [0, 0.05) is 50.7 Å². The Labute approximate surface area is 198 Å². The van der Waals surface area contributed by atoms with Gasteiger partial charge in [0.2, 0.25) is 0 Å². The molecule has 1 unspecified atom stereocenters. The van der Waals surface area contributed by atoms with Crippen LogP contribution in [0.25, 0.3) is 0 Å². The molecule has 3 aliphatic heterocycles.